The van der Waals surface area contributed by atoms with E-state index in [1.54, 1.807) is 5.57 Å². The van der Waals surface area contributed by atoms with Crippen LogP contribution in [0.3, 0.4) is 0 Å². The van der Waals surface area contributed by atoms with E-state index in [1.807, 2.05) is 17.8 Å². The van der Waals surface area contributed by atoms with E-state index in [2.05, 4.69) is 52.0 Å². The zero-order chi connectivity index (χ0) is 22.0. The molecule has 0 spiro atoms. The van der Waals surface area contributed by atoms with E-state index in [0.29, 0.717) is 30.0 Å². The summed E-state index contributed by atoms with van der Waals surface area (Å²) in [6.07, 6.45) is 8.61. The SMILES string of the molecule is CC(C)(C)Sc1ccc(C2CC3(C)C(O)CCC3C3CCC4=CC(=O)CCC4=C23)cc1. The van der Waals surface area contributed by atoms with E-state index in [9.17, 15) is 9.90 Å². The summed E-state index contributed by atoms with van der Waals surface area (Å²) in [6.45, 7) is 9.12. The largest absolute Gasteiger partial charge is 0.393 e. The lowest BCUT2D eigenvalue weighted by Gasteiger charge is -2.52. The van der Waals surface area contributed by atoms with Crippen molar-refractivity contribution in [3.05, 3.63) is 52.6 Å². The standard InChI is InChI=1S/C28H36O2S/c1-27(2,3)31-20-9-5-17(6-10-20)23-16-28(4)24(13-14-25(28)30)22-11-7-18-15-19(29)8-12-21(18)26(22)23/h5-6,9-10,15,22-25,30H,7-8,11-14,16H2,1-4H3. The van der Waals surface area contributed by atoms with Crippen molar-refractivity contribution >= 4 is 17.5 Å². The summed E-state index contributed by atoms with van der Waals surface area (Å²) in [7, 11) is 0. The number of allylic oxidation sites excluding steroid dienone is 4. The topological polar surface area (TPSA) is 37.3 Å². The zero-order valence-corrected chi connectivity index (χ0v) is 20.2. The molecule has 0 amide bonds. The van der Waals surface area contributed by atoms with Crippen molar-refractivity contribution in [2.24, 2.45) is 17.3 Å². The number of benzene rings is 1. The minimum atomic E-state index is -0.188. The molecular weight excluding hydrogens is 400 g/mol. The van der Waals surface area contributed by atoms with Gasteiger partial charge in [0.1, 0.15) is 0 Å². The van der Waals surface area contributed by atoms with Crippen LogP contribution in [0.2, 0.25) is 0 Å². The van der Waals surface area contributed by atoms with Crippen LogP contribution in [-0.4, -0.2) is 21.7 Å². The maximum absolute atomic E-state index is 12.1. The number of aliphatic hydroxyl groups excluding tert-OH is 1. The molecule has 2 fully saturated rings. The highest BCUT2D eigenvalue weighted by Gasteiger charge is 2.56. The van der Waals surface area contributed by atoms with Gasteiger partial charge in [0.2, 0.25) is 0 Å². The zero-order valence-electron chi connectivity index (χ0n) is 19.4. The van der Waals surface area contributed by atoms with Crippen LogP contribution in [0, 0.1) is 17.3 Å². The summed E-state index contributed by atoms with van der Waals surface area (Å²) >= 11 is 1.91. The summed E-state index contributed by atoms with van der Waals surface area (Å²) in [5.74, 6) is 1.80. The van der Waals surface area contributed by atoms with Gasteiger partial charge in [0.05, 0.1) is 6.10 Å². The number of carbonyl (C=O) groups excluding carboxylic acids is 1. The minimum absolute atomic E-state index is 0.00390. The second-order valence-corrected chi connectivity index (χ2v) is 13.4. The lowest BCUT2D eigenvalue weighted by molar-refractivity contribution is -0.114. The van der Waals surface area contributed by atoms with Crippen LogP contribution in [-0.2, 0) is 4.79 Å². The second-order valence-electron chi connectivity index (χ2n) is 11.5. The monoisotopic (exact) mass is 436 g/mol. The van der Waals surface area contributed by atoms with E-state index in [1.165, 1.54) is 21.6 Å². The summed E-state index contributed by atoms with van der Waals surface area (Å²) in [5, 5.41) is 11.0. The Labute approximate surface area is 191 Å². The summed E-state index contributed by atoms with van der Waals surface area (Å²) in [4.78, 5) is 13.4. The van der Waals surface area contributed by atoms with Crippen LogP contribution in [0.4, 0.5) is 0 Å². The predicted molar refractivity (Wildman–Crippen MR) is 128 cm³/mol. The molecule has 1 aromatic carbocycles. The molecule has 166 valence electrons. The number of ketones is 1. The van der Waals surface area contributed by atoms with Crippen molar-refractivity contribution in [1.82, 2.24) is 0 Å². The maximum atomic E-state index is 12.1. The van der Waals surface area contributed by atoms with Crippen LogP contribution in [0.1, 0.15) is 84.1 Å². The third-order valence-corrected chi connectivity index (χ3v) is 9.51. The van der Waals surface area contributed by atoms with Gasteiger partial charge in [-0.3, -0.25) is 4.79 Å². The fourth-order valence-corrected chi connectivity index (χ4v) is 8.03. The first-order valence-electron chi connectivity index (χ1n) is 12.1. The van der Waals surface area contributed by atoms with Crippen LogP contribution in [0.15, 0.2) is 52.0 Å². The third-order valence-electron chi connectivity index (χ3n) is 8.39. The van der Waals surface area contributed by atoms with Gasteiger partial charge in [0.25, 0.3) is 0 Å². The second kappa shape index (κ2) is 7.63. The molecule has 0 aliphatic heterocycles. The normalized spacial score (nSPS) is 35.4. The average molecular weight is 437 g/mol. The first-order chi connectivity index (χ1) is 14.7. The van der Waals surface area contributed by atoms with E-state index in [-0.39, 0.29) is 16.3 Å². The molecule has 2 nitrogen and oxygen atoms in total. The van der Waals surface area contributed by atoms with Crippen molar-refractivity contribution in [3.8, 4) is 0 Å². The Kier molecular flexibility index (Phi) is 5.29. The highest BCUT2D eigenvalue weighted by Crippen LogP contribution is 2.63. The van der Waals surface area contributed by atoms with Gasteiger partial charge in [0, 0.05) is 22.0 Å². The van der Waals surface area contributed by atoms with E-state index >= 15 is 0 Å². The Hall–Kier alpha value is -1.32. The lowest BCUT2D eigenvalue weighted by atomic mass is 9.53. The molecule has 5 rings (SSSR count). The van der Waals surface area contributed by atoms with Gasteiger partial charge in [0.15, 0.2) is 5.78 Å². The number of fused-ring (bicyclic) bond motifs is 4. The highest BCUT2D eigenvalue weighted by atomic mass is 32.2. The van der Waals surface area contributed by atoms with Crippen LogP contribution >= 0.6 is 11.8 Å². The highest BCUT2D eigenvalue weighted by molar-refractivity contribution is 8.00. The molecule has 0 heterocycles. The molecule has 2 saturated carbocycles. The van der Waals surface area contributed by atoms with Crippen molar-refractivity contribution in [3.63, 3.8) is 0 Å². The molecule has 4 aliphatic carbocycles. The van der Waals surface area contributed by atoms with Gasteiger partial charge in [-0.1, -0.05) is 45.4 Å². The molecule has 0 bridgehead atoms. The molecule has 4 aliphatic rings. The number of carbonyl (C=O) groups is 1. The first-order valence-corrected chi connectivity index (χ1v) is 12.9. The molecule has 0 saturated heterocycles. The van der Waals surface area contributed by atoms with Crippen LogP contribution in [0.25, 0.3) is 0 Å². The third kappa shape index (κ3) is 3.76. The average Bonchev–Trinajstić information content (AvgIpc) is 3.01. The number of rotatable bonds is 2. The molecule has 5 unspecified atom stereocenters. The van der Waals surface area contributed by atoms with Gasteiger partial charge < -0.3 is 5.11 Å². The van der Waals surface area contributed by atoms with Crippen molar-refractivity contribution < 1.29 is 9.90 Å². The van der Waals surface area contributed by atoms with E-state index in [0.717, 1.165) is 38.5 Å². The van der Waals surface area contributed by atoms with Crippen LogP contribution < -0.4 is 0 Å². The van der Waals surface area contributed by atoms with Crippen molar-refractivity contribution in [1.29, 1.82) is 0 Å². The maximum Gasteiger partial charge on any atom is 0.156 e. The van der Waals surface area contributed by atoms with E-state index in [4.69, 9.17) is 0 Å². The molecule has 1 aromatic rings. The Balaban J connectivity index is 1.58. The molecule has 1 N–H and O–H groups in total. The molecule has 0 radical (unpaired) electrons. The summed E-state index contributed by atoms with van der Waals surface area (Å²) < 4.78 is 0.203. The van der Waals surface area contributed by atoms with Crippen molar-refractivity contribution in [2.75, 3.05) is 0 Å². The minimum Gasteiger partial charge on any atom is -0.393 e. The van der Waals surface area contributed by atoms with Crippen molar-refractivity contribution in [2.45, 2.75) is 94.3 Å². The smallest absolute Gasteiger partial charge is 0.156 e. The lowest BCUT2D eigenvalue weighted by Crippen LogP contribution is -2.45. The fourth-order valence-electron chi connectivity index (χ4n) is 7.05. The van der Waals surface area contributed by atoms with Gasteiger partial charge in [-0.05, 0) is 90.7 Å². The molecule has 5 atom stereocenters. The van der Waals surface area contributed by atoms with E-state index < -0.39 is 0 Å². The van der Waals surface area contributed by atoms with Gasteiger partial charge in [-0.25, -0.2) is 0 Å². The Morgan fingerprint density at radius 2 is 1.77 bits per heavy atom. The summed E-state index contributed by atoms with van der Waals surface area (Å²) in [6, 6.07) is 9.24. The number of hydrogen-bond donors (Lipinski definition) is 1. The number of thioether (sulfide) groups is 1. The van der Waals surface area contributed by atoms with Gasteiger partial charge in [-0.15, -0.1) is 11.8 Å². The Morgan fingerprint density at radius 1 is 1.03 bits per heavy atom. The molecular formula is C28H36O2S. The quantitative estimate of drug-likeness (QED) is 0.516. The summed E-state index contributed by atoms with van der Waals surface area (Å²) in [5.41, 5.74) is 5.83. The Morgan fingerprint density at radius 3 is 2.48 bits per heavy atom. The Bertz CT molecular complexity index is 948. The first kappa shape index (κ1) is 21.5. The number of hydrogen-bond acceptors (Lipinski definition) is 3. The molecule has 31 heavy (non-hydrogen) atoms. The fraction of sp³-hybridized carbons (Fsp3) is 0.607. The molecule has 0 aromatic heterocycles. The number of aliphatic hydroxyl groups is 1. The van der Waals surface area contributed by atoms with Gasteiger partial charge in [-0.2, -0.15) is 0 Å². The molecule has 3 heteroatoms. The van der Waals surface area contributed by atoms with Gasteiger partial charge >= 0.3 is 0 Å². The predicted octanol–water partition coefficient (Wildman–Crippen LogP) is 6.84. The van der Waals surface area contributed by atoms with Crippen LogP contribution in [0.5, 0.6) is 0 Å².